The minimum Gasteiger partial charge on any atom is -0.427 e. The molecule has 0 spiro atoms. The fourth-order valence-electron chi connectivity index (χ4n) is 3.59. The molecule has 0 aliphatic rings. The molecule has 0 fully saturated rings. The number of thiocarbonyl (C=S) groups is 2. The first-order chi connectivity index (χ1) is 19.0. The van der Waals surface area contributed by atoms with Gasteiger partial charge in [-0.15, -0.1) is 0 Å². The molecule has 0 saturated carbocycles. The van der Waals surface area contributed by atoms with E-state index >= 15 is 0 Å². The quantitative estimate of drug-likeness (QED) is 0.101. The molecule has 0 aliphatic carbocycles. The van der Waals surface area contributed by atoms with Gasteiger partial charge in [-0.05, 0) is 87.2 Å². The van der Waals surface area contributed by atoms with Crippen LogP contribution in [0.5, 0.6) is 11.5 Å². The van der Waals surface area contributed by atoms with E-state index in [1.165, 1.54) is 0 Å². The van der Waals surface area contributed by atoms with Gasteiger partial charge in [0.25, 0.3) is 0 Å². The summed E-state index contributed by atoms with van der Waals surface area (Å²) >= 11 is 10.7. The van der Waals surface area contributed by atoms with Gasteiger partial charge in [0, 0.05) is 26.2 Å². The van der Waals surface area contributed by atoms with Gasteiger partial charge in [-0.1, -0.05) is 50.2 Å². The zero-order valence-electron chi connectivity index (χ0n) is 23.9. The standard InChI is InChI=1S/C30H42N4O4S2/c1-29(2,22-25(35)37-23-12-7-5-8-13-23)16-20-33-27(39)31-18-11-19-32-28(40)34-21-17-30(3,4)26(36)38-24-14-9-6-10-15-24/h5-10,12-15H,11,16-22H2,1-4H3,(H2,31,33,39)(H2,32,34,40). The van der Waals surface area contributed by atoms with Crippen LogP contribution in [0, 0.1) is 10.8 Å². The van der Waals surface area contributed by atoms with Gasteiger partial charge in [0.2, 0.25) is 0 Å². The summed E-state index contributed by atoms with van der Waals surface area (Å²) in [4.78, 5) is 24.7. The van der Waals surface area contributed by atoms with E-state index in [-0.39, 0.29) is 17.4 Å². The van der Waals surface area contributed by atoms with Crippen molar-refractivity contribution in [1.29, 1.82) is 0 Å². The van der Waals surface area contributed by atoms with Gasteiger partial charge in [0.15, 0.2) is 10.2 Å². The molecule has 10 heteroatoms. The lowest BCUT2D eigenvalue weighted by Crippen LogP contribution is -2.41. The molecule has 0 aliphatic heterocycles. The molecule has 218 valence electrons. The normalized spacial score (nSPS) is 11.2. The highest BCUT2D eigenvalue weighted by Gasteiger charge is 2.29. The molecule has 2 aromatic rings. The van der Waals surface area contributed by atoms with Crippen LogP contribution in [0.15, 0.2) is 60.7 Å². The van der Waals surface area contributed by atoms with Crippen molar-refractivity contribution in [2.24, 2.45) is 10.8 Å². The number of hydrogen-bond acceptors (Lipinski definition) is 6. The Hall–Kier alpha value is -3.24. The number of esters is 2. The highest BCUT2D eigenvalue weighted by molar-refractivity contribution is 7.80. The number of rotatable bonds is 15. The number of para-hydroxylation sites is 2. The first kappa shape index (κ1) is 33.0. The van der Waals surface area contributed by atoms with E-state index in [2.05, 4.69) is 21.3 Å². The van der Waals surface area contributed by atoms with E-state index < -0.39 is 5.41 Å². The highest BCUT2D eigenvalue weighted by Crippen LogP contribution is 2.26. The van der Waals surface area contributed by atoms with Crippen molar-refractivity contribution in [1.82, 2.24) is 21.3 Å². The number of ether oxygens (including phenoxy) is 2. The van der Waals surface area contributed by atoms with Crippen molar-refractivity contribution < 1.29 is 19.1 Å². The molecular weight excluding hydrogens is 544 g/mol. The van der Waals surface area contributed by atoms with Gasteiger partial charge in [-0.3, -0.25) is 9.59 Å². The Labute approximate surface area is 249 Å². The third kappa shape index (κ3) is 13.7. The van der Waals surface area contributed by atoms with Crippen LogP contribution < -0.4 is 30.7 Å². The Morgan fingerprint density at radius 3 is 1.65 bits per heavy atom. The van der Waals surface area contributed by atoms with E-state index in [0.717, 1.165) is 12.8 Å². The lowest BCUT2D eigenvalue weighted by atomic mass is 9.86. The van der Waals surface area contributed by atoms with Crippen LogP contribution in [0.3, 0.4) is 0 Å². The summed E-state index contributed by atoms with van der Waals surface area (Å²) in [6, 6.07) is 18.2. The number of hydrogen-bond donors (Lipinski definition) is 4. The molecule has 40 heavy (non-hydrogen) atoms. The van der Waals surface area contributed by atoms with Gasteiger partial charge in [0.1, 0.15) is 11.5 Å². The maximum absolute atomic E-state index is 12.5. The molecule has 2 rings (SSSR count). The van der Waals surface area contributed by atoms with Crippen molar-refractivity contribution in [2.75, 3.05) is 26.2 Å². The number of benzene rings is 2. The summed E-state index contributed by atoms with van der Waals surface area (Å²) in [6.07, 6.45) is 2.47. The van der Waals surface area contributed by atoms with Crippen LogP contribution in [-0.4, -0.2) is 48.3 Å². The summed E-state index contributed by atoms with van der Waals surface area (Å²) in [7, 11) is 0. The molecule has 0 amide bonds. The van der Waals surface area contributed by atoms with Crippen molar-refractivity contribution in [3.05, 3.63) is 60.7 Å². The molecule has 0 bridgehead atoms. The second-order valence-electron chi connectivity index (χ2n) is 10.9. The fraction of sp³-hybridized carbons (Fsp3) is 0.467. The number of carbonyl (C=O) groups excluding carboxylic acids is 2. The Balaban J connectivity index is 1.51. The van der Waals surface area contributed by atoms with E-state index in [4.69, 9.17) is 33.9 Å². The maximum atomic E-state index is 12.5. The van der Waals surface area contributed by atoms with Gasteiger partial charge in [-0.25, -0.2) is 0 Å². The lowest BCUT2D eigenvalue weighted by molar-refractivity contribution is -0.144. The largest absolute Gasteiger partial charge is 0.427 e. The lowest BCUT2D eigenvalue weighted by Gasteiger charge is -2.24. The Bertz CT molecular complexity index is 1100. The molecule has 0 unspecified atom stereocenters. The zero-order chi connectivity index (χ0) is 29.4. The predicted octanol–water partition coefficient (Wildman–Crippen LogP) is 4.74. The number of carbonyl (C=O) groups is 2. The molecule has 0 radical (unpaired) electrons. The smallest absolute Gasteiger partial charge is 0.316 e. The van der Waals surface area contributed by atoms with E-state index in [1.807, 2.05) is 64.1 Å². The van der Waals surface area contributed by atoms with E-state index in [9.17, 15) is 9.59 Å². The molecule has 0 atom stereocenters. The fourth-order valence-corrected chi connectivity index (χ4v) is 4.00. The third-order valence-corrected chi connectivity index (χ3v) is 6.73. The van der Waals surface area contributed by atoms with E-state index in [1.54, 1.807) is 24.3 Å². The summed E-state index contributed by atoms with van der Waals surface area (Å²) in [5.41, 5.74) is -0.871. The van der Waals surface area contributed by atoms with Crippen molar-refractivity contribution in [3.63, 3.8) is 0 Å². The van der Waals surface area contributed by atoms with Crippen LogP contribution in [0.1, 0.15) is 53.4 Å². The minimum atomic E-state index is -0.647. The van der Waals surface area contributed by atoms with Crippen molar-refractivity contribution >= 4 is 46.6 Å². The van der Waals surface area contributed by atoms with Crippen LogP contribution >= 0.6 is 24.4 Å². The molecular formula is C30H42N4O4S2. The van der Waals surface area contributed by atoms with Gasteiger partial charge < -0.3 is 30.7 Å². The molecule has 8 nitrogen and oxygen atoms in total. The van der Waals surface area contributed by atoms with Crippen LogP contribution in [0.2, 0.25) is 0 Å². The molecule has 0 aromatic heterocycles. The highest BCUT2D eigenvalue weighted by atomic mass is 32.1. The SMILES string of the molecule is CC(C)(CCNC(=S)NCCCNC(=S)NCCC(C)(C)C(=O)Oc1ccccc1)CC(=O)Oc1ccccc1. The number of nitrogens with one attached hydrogen (secondary N) is 4. The van der Waals surface area contributed by atoms with Crippen molar-refractivity contribution in [2.45, 2.75) is 53.4 Å². The van der Waals surface area contributed by atoms with Gasteiger partial charge in [-0.2, -0.15) is 0 Å². The van der Waals surface area contributed by atoms with Gasteiger partial charge in [0.05, 0.1) is 11.8 Å². The Morgan fingerprint density at radius 1 is 0.675 bits per heavy atom. The Morgan fingerprint density at radius 2 is 1.12 bits per heavy atom. The maximum Gasteiger partial charge on any atom is 0.316 e. The average Bonchev–Trinajstić information content (AvgIpc) is 2.89. The predicted molar refractivity (Wildman–Crippen MR) is 167 cm³/mol. The minimum absolute atomic E-state index is 0.224. The van der Waals surface area contributed by atoms with Crippen LogP contribution in [0.4, 0.5) is 0 Å². The molecule has 2 aromatic carbocycles. The average molecular weight is 587 g/mol. The summed E-state index contributed by atoms with van der Waals surface area (Å²) < 4.78 is 10.9. The topological polar surface area (TPSA) is 101 Å². The summed E-state index contributed by atoms with van der Waals surface area (Å²) in [6.45, 7) is 10.4. The van der Waals surface area contributed by atoms with Crippen molar-refractivity contribution in [3.8, 4) is 11.5 Å². The second-order valence-corrected chi connectivity index (χ2v) is 11.7. The van der Waals surface area contributed by atoms with Crippen LogP contribution in [-0.2, 0) is 9.59 Å². The first-order valence-electron chi connectivity index (χ1n) is 13.5. The van der Waals surface area contributed by atoms with Gasteiger partial charge >= 0.3 is 11.9 Å². The molecule has 4 N–H and O–H groups in total. The zero-order valence-corrected chi connectivity index (χ0v) is 25.5. The second kappa shape index (κ2) is 16.8. The molecule has 0 heterocycles. The summed E-state index contributed by atoms with van der Waals surface area (Å²) in [5.74, 6) is 0.581. The molecule has 0 saturated heterocycles. The first-order valence-corrected chi connectivity index (χ1v) is 14.3. The monoisotopic (exact) mass is 586 g/mol. The van der Waals surface area contributed by atoms with Crippen LogP contribution in [0.25, 0.3) is 0 Å². The third-order valence-electron chi connectivity index (χ3n) is 6.15. The Kier molecular flexibility index (Phi) is 13.8. The summed E-state index contributed by atoms with van der Waals surface area (Å²) in [5, 5.41) is 13.8. The van der Waals surface area contributed by atoms with E-state index in [0.29, 0.717) is 60.7 Å².